The molecule has 0 saturated carbocycles. The van der Waals surface area contributed by atoms with E-state index in [1.54, 1.807) is 0 Å². The van der Waals surface area contributed by atoms with E-state index in [4.69, 9.17) is 0 Å². The van der Waals surface area contributed by atoms with Crippen LogP contribution in [0.15, 0.2) is 24.3 Å². The zero-order valence-electron chi connectivity index (χ0n) is 13.0. The Balaban J connectivity index is 1.56. The third-order valence-corrected chi connectivity index (χ3v) is 5.17. The Morgan fingerprint density at radius 2 is 1.85 bits per heavy atom. The summed E-state index contributed by atoms with van der Waals surface area (Å²) in [6.07, 6.45) is 1.27. The molecule has 3 nitrogen and oxygen atoms in total. The molecule has 1 saturated heterocycles. The molecular formula is C17H27N3. The van der Waals surface area contributed by atoms with Crippen LogP contribution in [0.25, 0.3) is 0 Å². The number of benzene rings is 1. The lowest BCUT2D eigenvalue weighted by Gasteiger charge is -2.42. The minimum atomic E-state index is 0.674. The van der Waals surface area contributed by atoms with Gasteiger partial charge in [-0.3, -0.25) is 4.90 Å². The molecule has 3 atom stereocenters. The highest BCUT2D eigenvalue weighted by Gasteiger charge is 2.28. The zero-order valence-corrected chi connectivity index (χ0v) is 13.0. The summed E-state index contributed by atoms with van der Waals surface area (Å²) in [6.45, 7) is 9.44. The van der Waals surface area contributed by atoms with Crippen LogP contribution in [-0.2, 0) is 0 Å². The molecule has 0 bridgehead atoms. The number of hydrogen-bond acceptors (Lipinski definition) is 3. The fourth-order valence-electron chi connectivity index (χ4n) is 3.65. The van der Waals surface area contributed by atoms with Gasteiger partial charge in [0.05, 0.1) is 0 Å². The number of fused-ring (bicyclic) bond motifs is 1. The van der Waals surface area contributed by atoms with Gasteiger partial charge in [-0.15, -0.1) is 0 Å². The molecule has 1 aromatic carbocycles. The lowest BCUT2D eigenvalue weighted by molar-refractivity contribution is 0.0586. The zero-order chi connectivity index (χ0) is 14.1. The van der Waals surface area contributed by atoms with E-state index in [9.17, 15) is 0 Å². The lowest BCUT2D eigenvalue weighted by atomic mass is 9.97. The Hall–Kier alpha value is -1.06. The van der Waals surface area contributed by atoms with E-state index in [2.05, 4.69) is 60.3 Å². The average molecular weight is 273 g/mol. The number of hydrogen-bond donors (Lipinski definition) is 1. The van der Waals surface area contributed by atoms with Gasteiger partial charge in [0.1, 0.15) is 0 Å². The van der Waals surface area contributed by atoms with Crippen molar-refractivity contribution in [1.29, 1.82) is 0 Å². The van der Waals surface area contributed by atoms with Gasteiger partial charge in [-0.25, -0.2) is 0 Å². The molecule has 2 aliphatic rings. The molecule has 0 amide bonds. The smallest absolute Gasteiger partial charge is 0.0376 e. The second kappa shape index (κ2) is 5.74. The molecule has 3 heteroatoms. The summed E-state index contributed by atoms with van der Waals surface area (Å²) < 4.78 is 0. The topological polar surface area (TPSA) is 18.5 Å². The largest absolute Gasteiger partial charge is 0.384 e. The molecule has 3 unspecified atom stereocenters. The molecule has 2 heterocycles. The monoisotopic (exact) mass is 273 g/mol. The number of anilines is 1. The number of para-hydroxylation sites is 1. The van der Waals surface area contributed by atoms with Crippen molar-refractivity contribution in [2.75, 3.05) is 38.5 Å². The molecule has 2 aliphatic heterocycles. The number of likely N-dealkylation sites (N-methyl/N-ethyl adjacent to an activating group) is 1. The van der Waals surface area contributed by atoms with Gasteiger partial charge >= 0.3 is 0 Å². The lowest BCUT2D eigenvalue weighted by Crippen LogP contribution is -2.55. The van der Waals surface area contributed by atoms with Crippen molar-refractivity contribution >= 4 is 5.69 Å². The summed E-state index contributed by atoms with van der Waals surface area (Å²) >= 11 is 0. The van der Waals surface area contributed by atoms with E-state index in [1.165, 1.54) is 37.3 Å². The van der Waals surface area contributed by atoms with E-state index in [0.29, 0.717) is 18.0 Å². The molecule has 110 valence electrons. The maximum absolute atomic E-state index is 3.54. The molecule has 0 aromatic heterocycles. The first-order valence-electron chi connectivity index (χ1n) is 7.92. The second-order valence-electron chi connectivity index (χ2n) is 6.58. The third kappa shape index (κ3) is 2.70. The van der Waals surface area contributed by atoms with Crippen molar-refractivity contribution in [1.82, 2.24) is 9.80 Å². The van der Waals surface area contributed by atoms with Crippen molar-refractivity contribution in [3.8, 4) is 0 Å². The molecule has 0 spiro atoms. The highest BCUT2D eigenvalue weighted by molar-refractivity contribution is 5.57. The van der Waals surface area contributed by atoms with Gasteiger partial charge in [0.15, 0.2) is 0 Å². The summed E-state index contributed by atoms with van der Waals surface area (Å²) in [7, 11) is 2.25. The van der Waals surface area contributed by atoms with E-state index in [0.717, 1.165) is 6.54 Å². The van der Waals surface area contributed by atoms with Crippen LogP contribution in [0.2, 0.25) is 0 Å². The van der Waals surface area contributed by atoms with E-state index < -0.39 is 0 Å². The minimum absolute atomic E-state index is 0.674. The van der Waals surface area contributed by atoms with Crippen LogP contribution in [0.1, 0.15) is 31.7 Å². The molecule has 1 aromatic rings. The number of nitrogens with one attached hydrogen (secondary N) is 1. The fraction of sp³-hybridized carbons (Fsp3) is 0.647. The minimum Gasteiger partial charge on any atom is -0.384 e. The number of rotatable bonds is 3. The van der Waals surface area contributed by atoms with Crippen molar-refractivity contribution in [3.05, 3.63) is 29.8 Å². The van der Waals surface area contributed by atoms with Crippen LogP contribution < -0.4 is 5.32 Å². The predicted octanol–water partition coefficient (Wildman–Crippen LogP) is 2.61. The summed E-state index contributed by atoms with van der Waals surface area (Å²) in [5.74, 6) is 0.691. The van der Waals surface area contributed by atoms with Crippen LogP contribution in [0.4, 0.5) is 5.69 Å². The Kier molecular flexibility index (Phi) is 3.99. The van der Waals surface area contributed by atoms with Gasteiger partial charge < -0.3 is 10.2 Å². The number of piperazine rings is 1. The van der Waals surface area contributed by atoms with Crippen molar-refractivity contribution in [2.45, 2.75) is 38.3 Å². The Morgan fingerprint density at radius 3 is 2.60 bits per heavy atom. The first kappa shape index (κ1) is 13.9. The SMILES string of the molecule is CC1CN(CCC2CNc3ccccc32)CC(C)N1C. The van der Waals surface area contributed by atoms with Crippen LogP contribution in [-0.4, -0.2) is 55.1 Å². The maximum Gasteiger partial charge on any atom is 0.0376 e. The van der Waals surface area contributed by atoms with Gasteiger partial charge in [0, 0.05) is 43.3 Å². The summed E-state index contributed by atoms with van der Waals surface area (Å²) in [5.41, 5.74) is 2.86. The average Bonchev–Trinajstić information content (AvgIpc) is 2.85. The number of nitrogens with zero attached hydrogens (tertiary/aromatic N) is 2. The molecule has 1 N–H and O–H groups in total. The van der Waals surface area contributed by atoms with Crippen LogP contribution >= 0.6 is 0 Å². The van der Waals surface area contributed by atoms with E-state index >= 15 is 0 Å². The fourth-order valence-corrected chi connectivity index (χ4v) is 3.65. The third-order valence-electron chi connectivity index (χ3n) is 5.17. The van der Waals surface area contributed by atoms with Crippen LogP contribution in [0.5, 0.6) is 0 Å². The van der Waals surface area contributed by atoms with Crippen LogP contribution in [0, 0.1) is 0 Å². The molecule has 0 radical (unpaired) electrons. The molecule has 3 rings (SSSR count). The van der Waals surface area contributed by atoms with E-state index in [1.807, 2.05) is 0 Å². The first-order chi connectivity index (χ1) is 9.65. The van der Waals surface area contributed by atoms with Gasteiger partial charge in [-0.1, -0.05) is 18.2 Å². The Morgan fingerprint density at radius 1 is 1.15 bits per heavy atom. The molecule has 20 heavy (non-hydrogen) atoms. The highest BCUT2D eigenvalue weighted by Crippen LogP contribution is 2.33. The van der Waals surface area contributed by atoms with Gasteiger partial charge in [-0.2, -0.15) is 0 Å². The van der Waals surface area contributed by atoms with Gasteiger partial charge in [-0.05, 0) is 45.5 Å². The Bertz CT molecular complexity index is 447. The summed E-state index contributed by atoms with van der Waals surface area (Å²) in [4.78, 5) is 5.15. The van der Waals surface area contributed by atoms with Gasteiger partial charge in [0.2, 0.25) is 0 Å². The maximum atomic E-state index is 3.54. The van der Waals surface area contributed by atoms with Crippen molar-refractivity contribution in [2.24, 2.45) is 0 Å². The summed E-state index contributed by atoms with van der Waals surface area (Å²) in [6, 6.07) is 10.1. The quantitative estimate of drug-likeness (QED) is 0.913. The first-order valence-corrected chi connectivity index (χ1v) is 7.92. The van der Waals surface area contributed by atoms with Crippen molar-refractivity contribution in [3.63, 3.8) is 0 Å². The molecule has 1 fully saturated rings. The van der Waals surface area contributed by atoms with E-state index in [-0.39, 0.29) is 0 Å². The molecular weight excluding hydrogens is 246 g/mol. The second-order valence-corrected chi connectivity index (χ2v) is 6.58. The summed E-state index contributed by atoms with van der Waals surface area (Å²) in [5, 5.41) is 3.54. The normalized spacial score (nSPS) is 31.1. The standard InChI is InChI=1S/C17H27N3/c1-13-11-20(12-14(2)19(13)3)9-8-15-10-18-17-7-5-4-6-16(15)17/h4-7,13-15,18H,8-12H2,1-3H3. The predicted molar refractivity (Wildman–Crippen MR) is 85.4 cm³/mol. The van der Waals surface area contributed by atoms with Crippen LogP contribution in [0.3, 0.4) is 0 Å². The van der Waals surface area contributed by atoms with Crippen molar-refractivity contribution < 1.29 is 0 Å². The molecule has 0 aliphatic carbocycles. The Labute approximate surface area is 123 Å². The van der Waals surface area contributed by atoms with Gasteiger partial charge in [0.25, 0.3) is 0 Å². The highest BCUT2D eigenvalue weighted by atomic mass is 15.3.